The molecule has 0 bridgehead atoms. The fraction of sp³-hybridized carbons (Fsp3) is 0.818. The standard InChI is InChI=1S/C22H39N5O7/c1-5-6-7-15(12-19(28)26-27-32)21(30)25-16(22(31)24-13(2)20(23)29)10-14-8-9-17(33-3)18(11-14)34-4/h13-18H,5-12H2,1-4H3,(H2,23,29)(H,24,31)(H,25,30)(H,26,28,32). The Kier molecular flexibility index (Phi) is 13.3. The Bertz CT molecular complexity index is 705. The summed E-state index contributed by atoms with van der Waals surface area (Å²) in [7, 11) is 3.24. The summed E-state index contributed by atoms with van der Waals surface area (Å²) < 4.78 is 11.0. The fourth-order valence-corrected chi connectivity index (χ4v) is 4.25. The molecule has 1 saturated carbocycles. The van der Waals surface area contributed by atoms with Gasteiger partial charge in [0.15, 0.2) is 0 Å². The molecule has 34 heavy (non-hydrogen) atoms. The highest BCUT2D eigenvalue weighted by Crippen LogP contribution is 2.31. The van der Waals surface area contributed by atoms with Crippen molar-refractivity contribution in [2.45, 2.75) is 89.5 Å². The third kappa shape index (κ3) is 9.72. The van der Waals surface area contributed by atoms with Crippen molar-refractivity contribution >= 4 is 23.6 Å². The molecule has 0 spiro atoms. The number of rotatable bonds is 15. The van der Waals surface area contributed by atoms with E-state index in [-0.39, 0.29) is 24.5 Å². The number of nitroso groups, excluding NO2 is 1. The fourth-order valence-electron chi connectivity index (χ4n) is 4.25. The molecule has 194 valence electrons. The SMILES string of the molecule is CCCCC(CC(=O)NN=O)C(=O)NC(CC1CCC(OC)C(OC)C1)C(=O)NC(C)C(N)=O. The number of ether oxygens (including phenoxy) is 2. The molecule has 0 aromatic rings. The molecule has 1 aliphatic carbocycles. The molecule has 5 N–H and O–H groups in total. The number of hydrogen-bond acceptors (Lipinski definition) is 8. The molecular formula is C22H39N5O7. The van der Waals surface area contributed by atoms with Crippen LogP contribution in [0.2, 0.25) is 0 Å². The van der Waals surface area contributed by atoms with Crippen LogP contribution >= 0.6 is 0 Å². The lowest BCUT2D eigenvalue weighted by molar-refractivity contribution is -0.135. The first-order valence-electron chi connectivity index (χ1n) is 11.7. The minimum absolute atomic E-state index is 0.0404. The Morgan fingerprint density at radius 1 is 1.06 bits per heavy atom. The van der Waals surface area contributed by atoms with Gasteiger partial charge in [-0.05, 0) is 44.9 Å². The van der Waals surface area contributed by atoms with Crippen molar-refractivity contribution in [1.29, 1.82) is 0 Å². The average Bonchev–Trinajstić information content (AvgIpc) is 2.80. The lowest BCUT2D eigenvalue weighted by atomic mass is 9.81. The summed E-state index contributed by atoms with van der Waals surface area (Å²) in [6, 6.07) is -1.85. The number of nitrogens with two attached hydrogens (primary N) is 1. The van der Waals surface area contributed by atoms with Crippen molar-refractivity contribution in [3.05, 3.63) is 4.91 Å². The molecule has 1 aliphatic rings. The van der Waals surface area contributed by atoms with Gasteiger partial charge in [-0.15, -0.1) is 4.91 Å². The van der Waals surface area contributed by atoms with E-state index < -0.39 is 41.6 Å². The summed E-state index contributed by atoms with van der Waals surface area (Å²) in [5.41, 5.74) is 7.08. The molecule has 12 nitrogen and oxygen atoms in total. The second-order valence-corrected chi connectivity index (χ2v) is 8.83. The van der Waals surface area contributed by atoms with Crippen LogP contribution in [-0.4, -0.2) is 62.1 Å². The summed E-state index contributed by atoms with van der Waals surface area (Å²) in [5, 5.41) is 7.66. The summed E-state index contributed by atoms with van der Waals surface area (Å²) in [5.74, 6) is -3.05. The van der Waals surface area contributed by atoms with Gasteiger partial charge in [-0.25, -0.2) is 5.43 Å². The third-order valence-electron chi connectivity index (χ3n) is 6.31. The highest BCUT2D eigenvalue weighted by atomic mass is 16.5. The first-order chi connectivity index (χ1) is 16.2. The second kappa shape index (κ2) is 15.3. The van der Waals surface area contributed by atoms with Gasteiger partial charge in [-0.2, -0.15) is 0 Å². The zero-order valence-electron chi connectivity index (χ0n) is 20.5. The van der Waals surface area contributed by atoms with Gasteiger partial charge in [-0.1, -0.05) is 19.8 Å². The van der Waals surface area contributed by atoms with Gasteiger partial charge >= 0.3 is 0 Å². The zero-order chi connectivity index (χ0) is 25.7. The maximum absolute atomic E-state index is 13.1. The quantitative estimate of drug-likeness (QED) is 0.194. The maximum Gasteiger partial charge on any atom is 0.243 e. The van der Waals surface area contributed by atoms with Gasteiger partial charge in [-0.3, -0.25) is 19.2 Å². The van der Waals surface area contributed by atoms with E-state index in [0.29, 0.717) is 25.7 Å². The van der Waals surface area contributed by atoms with Crippen LogP contribution < -0.4 is 21.8 Å². The molecule has 0 radical (unpaired) electrons. The van der Waals surface area contributed by atoms with Crippen LogP contribution in [0.4, 0.5) is 0 Å². The Balaban J connectivity index is 3.00. The van der Waals surface area contributed by atoms with Crippen LogP contribution in [0.5, 0.6) is 0 Å². The lowest BCUT2D eigenvalue weighted by Crippen LogP contribution is -2.54. The number of unbranched alkanes of at least 4 members (excludes halogenated alkanes) is 1. The molecule has 12 heteroatoms. The van der Waals surface area contributed by atoms with Gasteiger partial charge in [0.2, 0.25) is 23.6 Å². The number of methoxy groups -OCH3 is 2. The number of hydrogen-bond donors (Lipinski definition) is 4. The van der Waals surface area contributed by atoms with E-state index in [2.05, 4.69) is 15.9 Å². The van der Waals surface area contributed by atoms with Crippen LogP contribution in [0.1, 0.15) is 65.2 Å². The summed E-state index contributed by atoms with van der Waals surface area (Å²) in [6.45, 7) is 3.41. The molecule has 0 aromatic carbocycles. The molecular weight excluding hydrogens is 446 g/mol. The van der Waals surface area contributed by atoms with Gasteiger partial charge in [0.25, 0.3) is 0 Å². The third-order valence-corrected chi connectivity index (χ3v) is 6.31. The van der Waals surface area contributed by atoms with Crippen LogP contribution in [0.15, 0.2) is 5.29 Å². The minimum Gasteiger partial charge on any atom is -0.379 e. The van der Waals surface area contributed by atoms with Crippen molar-refractivity contribution in [2.24, 2.45) is 22.9 Å². The predicted octanol–water partition coefficient (Wildman–Crippen LogP) is 0.676. The van der Waals surface area contributed by atoms with E-state index in [1.807, 2.05) is 6.92 Å². The first-order valence-corrected chi connectivity index (χ1v) is 11.7. The van der Waals surface area contributed by atoms with E-state index in [1.54, 1.807) is 19.6 Å². The molecule has 0 heterocycles. The normalized spacial score (nSPS) is 22.6. The van der Waals surface area contributed by atoms with E-state index in [1.165, 1.54) is 6.92 Å². The average molecular weight is 486 g/mol. The number of amides is 4. The molecule has 0 saturated heterocycles. The smallest absolute Gasteiger partial charge is 0.243 e. The van der Waals surface area contributed by atoms with Gasteiger partial charge in [0.05, 0.1) is 17.5 Å². The van der Waals surface area contributed by atoms with Crippen LogP contribution in [0.25, 0.3) is 0 Å². The van der Waals surface area contributed by atoms with E-state index in [4.69, 9.17) is 15.2 Å². The van der Waals surface area contributed by atoms with E-state index in [9.17, 15) is 24.1 Å². The first kappa shape index (κ1) is 29.4. The number of nitrogens with one attached hydrogen (secondary N) is 3. The van der Waals surface area contributed by atoms with Crippen LogP contribution in [0.3, 0.4) is 0 Å². The monoisotopic (exact) mass is 485 g/mol. The molecule has 6 atom stereocenters. The minimum atomic E-state index is -0.938. The summed E-state index contributed by atoms with van der Waals surface area (Å²) in [4.78, 5) is 59.7. The Hall–Kier alpha value is -2.60. The van der Waals surface area contributed by atoms with Gasteiger partial charge in [0.1, 0.15) is 12.1 Å². The Morgan fingerprint density at radius 2 is 1.74 bits per heavy atom. The summed E-state index contributed by atoms with van der Waals surface area (Å²) >= 11 is 0. The van der Waals surface area contributed by atoms with E-state index in [0.717, 1.165) is 19.3 Å². The number of nitrogens with zero attached hydrogens (tertiary/aromatic N) is 1. The zero-order valence-corrected chi connectivity index (χ0v) is 20.5. The largest absolute Gasteiger partial charge is 0.379 e. The summed E-state index contributed by atoms with van der Waals surface area (Å²) in [6.07, 6.45) is 3.98. The van der Waals surface area contributed by atoms with Crippen LogP contribution in [-0.2, 0) is 28.7 Å². The van der Waals surface area contributed by atoms with Crippen molar-refractivity contribution in [1.82, 2.24) is 16.1 Å². The number of primary amides is 1. The van der Waals surface area contributed by atoms with Crippen LogP contribution in [0, 0.1) is 16.7 Å². The predicted molar refractivity (Wildman–Crippen MR) is 124 cm³/mol. The topological polar surface area (TPSA) is 178 Å². The lowest BCUT2D eigenvalue weighted by Gasteiger charge is -2.36. The van der Waals surface area contributed by atoms with E-state index >= 15 is 0 Å². The van der Waals surface area contributed by atoms with Gasteiger partial charge in [0, 0.05) is 26.6 Å². The molecule has 6 unspecified atom stereocenters. The highest BCUT2D eigenvalue weighted by Gasteiger charge is 2.35. The molecule has 0 aromatic heterocycles. The highest BCUT2D eigenvalue weighted by molar-refractivity contribution is 5.92. The second-order valence-electron chi connectivity index (χ2n) is 8.83. The van der Waals surface area contributed by atoms with Crippen molar-refractivity contribution < 1.29 is 28.7 Å². The maximum atomic E-state index is 13.1. The number of carbonyl (C=O) groups is 4. The Labute approximate surface area is 200 Å². The number of carbonyl (C=O) groups excluding carboxylic acids is 4. The van der Waals surface area contributed by atoms with Crippen molar-refractivity contribution in [3.63, 3.8) is 0 Å². The Morgan fingerprint density at radius 3 is 2.29 bits per heavy atom. The molecule has 4 amide bonds. The van der Waals surface area contributed by atoms with Gasteiger partial charge < -0.3 is 25.8 Å². The van der Waals surface area contributed by atoms with Crippen molar-refractivity contribution in [3.8, 4) is 0 Å². The molecule has 1 fully saturated rings. The van der Waals surface area contributed by atoms with Crippen molar-refractivity contribution in [2.75, 3.05) is 14.2 Å². The molecule has 1 rings (SSSR count). The molecule has 0 aliphatic heterocycles.